The van der Waals surface area contributed by atoms with Gasteiger partial charge in [0.2, 0.25) is 5.28 Å². The van der Waals surface area contributed by atoms with E-state index in [0.717, 1.165) is 23.2 Å². The van der Waals surface area contributed by atoms with Crippen molar-refractivity contribution >= 4 is 17.6 Å². The van der Waals surface area contributed by atoms with Gasteiger partial charge in [-0.15, -0.1) is 0 Å². The maximum atomic E-state index is 12.3. The summed E-state index contributed by atoms with van der Waals surface area (Å²) in [6.07, 6.45) is 3.75. The Balaban J connectivity index is 1.80. The summed E-state index contributed by atoms with van der Waals surface area (Å²) in [7, 11) is 0. The third-order valence-corrected chi connectivity index (χ3v) is 4.16. The molecule has 0 fully saturated rings. The van der Waals surface area contributed by atoms with Gasteiger partial charge < -0.3 is 4.74 Å². The van der Waals surface area contributed by atoms with Crippen LogP contribution in [0.25, 0.3) is 16.9 Å². The molecule has 1 aromatic carbocycles. The van der Waals surface area contributed by atoms with Crippen molar-refractivity contribution in [2.75, 3.05) is 0 Å². The molecule has 126 valence electrons. The fourth-order valence-electron chi connectivity index (χ4n) is 2.94. The summed E-state index contributed by atoms with van der Waals surface area (Å²) in [6, 6.07) is 8.17. The fourth-order valence-corrected chi connectivity index (χ4v) is 3.07. The second kappa shape index (κ2) is 5.97. The molecule has 1 aliphatic carbocycles. The van der Waals surface area contributed by atoms with E-state index >= 15 is 0 Å². The van der Waals surface area contributed by atoms with Crippen LogP contribution in [0.5, 0.6) is 0 Å². The molecular formula is C18H15ClN4O2. The molecule has 6 nitrogen and oxygen atoms in total. The van der Waals surface area contributed by atoms with Crippen LogP contribution in [0.4, 0.5) is 0 Å². The van der Waals surface area contributed by atoms with E-state index in [-0.39, 0.29) is 17.0 Å². The largest absolute Gasteiger partial charge is 0.459 e. The lowest BCUT2D eigenvalue weighted by atomic mass is 10.1. The van der Waals surface area contributed by atoms with Crippen LogP contribution in [-0.4, -0.2) is 31.8 Å². The molecule has 0 saturated carbocycles. The minimum Gasteiger partial charge on any atom is -0.459 e. The van der Waals surface area contributed by atoms with Crippen LogP contribution < -0.4 is 0 Å². The molecule has 0 unspecified atom stereocenters. The Labute approximate surface area is 149 Å². The third kappa shape index (κ3) is 2.78. The summed E-state index contributed by atoms with van der Waals surface area (Å²) in [4.78, 5) is 20.4. The van der Waals surface area contributed by atoms with Crippen LogP contribution in [0.1, 0.15) is 35.5 Å². The van der Waals surface area contributed by atoms with E-state index in [9.17, 15) is 4.79 Å². The van der Waals surface area contributed by atoms with Crippen molar-refractivity contribution in [1.82, 2.24) is 19.7 Å². The lowest BCUT2D eigenvalue weighted by molar-refractivity contribution is 0.0376. The highest BCUT2D eigenvalue weighted by Crippen LogP contribution is 2.36. The highest BCUT2D eigenvalue weighted by Gasteiger charge is 2.25. The topological polar surface area (TPSA) is 69.9 Å². The number of hydrogen-bond acceptors (Lipinski definition) is 5. The summed E-state index contributed by atoms with van der Waals surface area (Å²) in [6.45, 7) is 3.57. The van der Waals surface area contributed by atoms with Crippen LogP contribution in [0.15, 0.2) is 36.7 Å². The van der Waals surface area contributed by atoms with Crippen LogP contribution in [0.2, 0.25) is 5.28 Å². The van der Waals surface area contributed by atoms with E-state index < -0.39 is 5.97 Å². The van der Waals surface area contributed by atoms with Crippen molar-refractivity contribution in [1.29, 1.82) is 0 Å². The van der Waals surface area contributed by atoms with Crippen molar-refractivity contribution in [2.45, 2.75) is 26.4 Å². The summed E-state index contributed by atoms with van der Waals surface area (Å²) in [5.74, 6) is -0.185. The average Bonchev–Trinajstić information content (AvgIpc) is 3.11. The first-order valence-corrected chi connectivity index (χ1v) is 8.31. The van der Waals surface area contributed by atoms with Crippen molar-refractivity contribution < 1.29 is 9.53 Å². The van der Waals surface area contributed by atoms with Crippen molar-refractivity contribution in [3.63, 3.8) is 0 Å². The molecule has 0 N–H and O–H groups in total. The number of hydrogen-bond donors (Lipinski definition) is 0. The first-order valence-electron chi connectivity index (χ1n) is 7.93. The number of carbonyl (C=O) groups excluding carboxylic acids is 1. The molecule has 0 amide bonds. The molecule has 0 radical (unpaired) electrons. The molecule has 4 rings (SSSR count). The van der Waals surface area contributed by atoms with E-state index in [1.54, 1.807) is 18.5 Å². The monoisotopic (exact) mass is 354 g/mol. The Kier molecular flexibility index (Phi) is 3.77. The number of benzene rings is 1. The summed E-state index contributed by atoms with van der Waals surface area (Å²) in [5, 5.41) is 4.65. The molecular weight excluding hydrogens is 340 g/mol. The quantitative estimate of drug-likeness (QED) is 0.416. The lowest BCUT2D eigenvalue weighted by Gasteiger charge is -2.11. The summed E-state index contributed by atoms with van der Waals surface area (Å²) < 4.78 is 6.84. The van der Waals surface area contributed by atoms with Crippen molar-refractivity contribution in [3.05, 3.63) is 58.8 Å². The first kappa shape index (κ1) is 15.8. The molecule has 0 bridgehead atoms. The first-order chi connectivity index (χ1) is 12.0. The Hall–Kier alpha value is -2.73. The predicted molar refractivity (Wildman–Crippen MR) is 93.0 cm³/mol. The fraction of sp³-hybridized carbons (Fsp3) is 0.222. The van der Waals surface area contributed by atoms with Gasteiger partial charge in [0, 0.05) is 24.4 Å². The molecule has 3 aromatic rings. The molecule has 7 heteroatoms. The average molecular weight is 355 g/mol. The number of esters is 1. The predicted octanol–water partition coefficient (Wildman–Crippen LogP) is 3.45. The number of aromatic nitrogens is 4. The molecule has 0 spiro atoms. The van der Waals surface area contributed by atoms with E-state index in [0.29, 0.717) is 5.82 Å². The number of ether oxygens (including phenoxy) is 1. The second-order valence-corrected chi connectivity index (χ2v) is 6.44. The molecule has 0 aliphatic heterocycles. The normalized spacial score (nSPS) is 12.2. The SMILES string of the molecule is CC(C)OC(=O)c1cnc(Cl)nc1-n1cc2c(n1)Cc1ccccc1-2. The highest BCUT2D eigenvalue weighted by molar-refractivity contribution is 6.28. The van der Waals surface area contributed by atoms with Gasteiger partial charge in [-0.2, -0.15) is 10.1 Å². The second-order valence-electron chi connectivity index (χ2n) is 6.10. The number of halogens is 1. The van der Waals surface area contributed by atoms with E-state index in [1.807, 2.05) is 18.3 Å². The standard InChI is InChI=1S/C18H15ClN4O2/c1-10(2)25-17(24)13-8-20-18(19)21-16(13)23-9-14-12-6-4-3-5-11(12)7-15(14)22-23/h3-6,8-10H,7H2,1-2H3. The van der Waals surface area contributed by atoms with Gasteiger partial charge in [-0.05, 0) is 36.6 Å². The zero-order valence-electron chi connectivity index (χ0n) is 13.7. The van der Waals surface area contributed by atoms with Crippen molar-refractivity contribution in [3.8, 4) is 16.9 Å². The van der Waals surface area contributed by atoms with Crippen LogP contribution in [-0.2, 0) is 11.2 Å². The van der Waals surface area contributed by atoms with Gasteiger partial charge in [0.1, 0.15) is 5.56 Å². The van der Waals surface area contributed by atoms with E-state index in [2.05, 4.69) is 27.2 Å². The maximum absolute atomic E-state index is 12.3. The molecule has 2 heterocycles. The zero-order chi connectivity index (χ0) is 17.6. The number of rotatable bonds is 3. The zero-order valence-corrected chi connectivity index (χ0v) is 14.5. The number of fused-ring (bicyclic) bond motifs is 3. The summed E-state index contributed by atoms with van der Waals surface area (Å²) >= 11 is 5.94. The smallest absolute Gasteiger partial charge is 0.343 e. The van der Waals surface area contributed by atoms with E-state index in [4.69, 9.17) is 16.3 Å². The maximum Gasteiger partial charge on any atom is 0.343 e. The van der Waals surface area contributed by atoms with Gasteiger partial charge in [0.25, 0.3) is 0 Å². The molecule has 2 aromatic heterocycles. The Morgan fingerprint density at radius 2 is 2.08 bits per heavy atom. The van der Waals surface area contributed by atoms with Gasteiger partial charge in [0.05, 0.1) is 11.8 Å². The van der Waals surface area contributed by atoms with Gasteiger partial charge in [-0.3, -0.25) is 0 Å². The molecule has 25 heavy (non-hydrogen) atoms. The van der Waals surface area contributed by atoms with Gasteiger partial charge >= 0.3 is 5.97 Å². The van der Waals surface area contributed by atoms with Crippen molar-refractivity contribution in [2.24, 2.45) is 0 Å². The Morgan fingerprint density at radius 1 is 1.28 bits per heavy atom. The Bertz CT molecular complexity index is 981. The minimum absolute atomic E-state index is 0.0483. The van der Waals surface area contributed by atoms with Crippen LogP contribution in [0, 0.1) is 0 Å². The third-order valence-electron chi connectivity index (χ3n) is 3.98. The van der Waals surface area contributed by atoms with Crippen LogP contribution >= 0.6 is 11.6 Å². The number of carbonyl (C=O) groups is 1. The number of nitrogens with zero attached hydrogens (tertiary/aromatic N) is 4. The minimum atomic E-state index is -0.502. The van der Waals surface area contributed by atoms with Gasteiger partial charge in [-0.25, -0.2) is 14.5 Å². The van der Waals surface area contributed by atoms with E-state index in [1.165, 1.54) is 11.8 Å². The Morgan fingerprint density at radius 3 is 2.88 bits per heavy atom. The van der Waals surface area contributed by atoms with Gasteiger partial charge in [0.15, 0.2) is 5.82 Å². The molecule has 1 aliphatic rings. The highest BCUT2D eigenvalue weighted by atomic mass is 35.5. The lowest BCUT2D eigenvalue weighted by Crippen LogP contribution is -2.16. The molecule has 0 atom stereocenters. The van der Waals surface area contributed by atoms with Crippen LogP contribution in [0.3, 0.4) is 0 Å². The van der Waals surface area contributed by atoms with Gasteiger partial charge in [-0.1, -0.05) is 24.3 Å². The summed E-state index contributed by atoms with van der Waals surface area (Å²) in [5.41, 5.74) is 4.60. The molecule has 0 saturated heterocycles.